The van der Waals surface area contributed by atoms with E-state index in [-0.39, 0.29) is 0 Å². The van der Waals surface area contributed by atoms with E-state index in [2.05, 4.69) is 32.8 Å². The first-order valence-corrected chi connectivity index (χ1v) is 3.14. The quantitative estimate of drug-likeness (QED) is 0.538. The molecule has 0 saturated carbocycles. The van der Waals surface area contributed by atoms with Crippen LogP contribution in [0, 0.1) is 6.92 Å². The van der Waals surface area contributed by atoms with Crippen LogP contribution < -0.4 is 0 Å². The summed E-state index contributed by atoms with van der Waals surface area (Å²) in [5.74, 6) is 0. The van der Waals surface area contributed by atoms with E-state index in [0.717, 1.165) is 6.42 Å². The van der Waals surface area contributed by atoms with Crippen LogP contribution >= 0.6 is 0 Å². The van der Waals surface area contributed by atoms with Crippen LogP contribution in [0.5, 0.6) is 0 Å². The first kappa shape index (κ1) is 7.96. The van der Waals surface area contributed by atoms with Gasteiger partial charge in [0, 0.05) is 6.04 Å². The van der Waals surface area contributed by atoms with Crippen LogP contribution in [-0.2, 0) is 0 Å². The molecule has 0 saturated heterocycles. The average molecular weight is 114 g/mol. The van der Waals surface area contributed by atoms with Crippen LogP contribution in [0.4, 0.5) is 0 Å². The molecule has 0 aliphatic carbocycles. The van der Waals surface area contributed by atoms with Crippen LogP contribution in [0.25, 0.3) is 0 Å². The minimum absolute atomic E-state index is 0.687. The lowest BCUT2D eigenvalue weighted by atomic mass is 10.2. The lowest BCUT2D eigenvalue weighted by molar-refractivity contribution is 0.300. The first-order valence-electron chi connectivity index (χ1n) is 3.14. The largest absolute Gasteiger partial charge is 0.307 e. The molecule has 0 aliphatic heterocycles. The molecule has 0 rings (SSSR count). The van der Waals surface area contributed by atoms with Crippen molar-refractivity contribution in [2.24, 2.45) is 0 Å². The maximum Gasteiger partial charge on any atom is 0.00608 e. The summed E-state index contributed by atoms with van der Waals surface area (Å²) in [6.45, 7) is 5.99. The molecule has 49 valence electrons. The van der Waals surface area contributed by atoms with Gasteiger partial charge in [0.1, 0.15) is 0 Å². The van der Waals surface area contributed by atoms with Crippen molar-refractivity contribution < 1.29 is 0 Å². The Hall–Kier alpha value is -0.0400. The van der Waals surface area contributed by atoms with E-state index in [1.165, 1.54) is 6.42 Å². The van der Waals surface area contributed by atoms with Crippen LogP contribution in [0.2, 0.25) is 0 Å². The molecule has 1 radical (unpaired) electrons. The third kappa shape index (κ3) is 3.03. The molecule has 0 bridgehead atoms. The van der Waals surface area contributed by atoms with E-state index in [1.807, 2.05) is 0 Å². The number of nitrogens with zero attached hydrogens (tertiary/aromatic N) is 1. The summed E-state index contributed by atoms with van der Waals surface area (Å²) in [4.78, 5) is 2.21. The molecule has 0 fully saturated rings. The minimum Gasteiger partial charge on any atom is -0.307 e. The average Bonchev–Trinajstić information content (AvgIpc) is 1.67. The molecule has 0 amide bonds. The van der Waals surface area contributed by atoms with Crippen molar-refractivity contribution in [1.29, 1.82) is 0 Å². The molecule has 8 heavy (non-hydrogen) atoms. The van der Waals surface area contributed by atoms with Crippen molar-refractivity contribution in [2.75, 3.05) is 14.1 Å². The molecule has 0 aromatic rings. The van der Waals surface area contributed by atoms with Gasteiger partial charge in [0.05, 0.1) is 0 Å². The Morgan fingerprint density at radius 3 is 2.12 bits per heavy atom. The fourth-order valence-corrected chi connectivity index (χ4v) is 0.554. The van der Waals surface area contributed by atoms with Crippen molar-refractivity contribution in [3.8, 4) is 0 Å². The van der Waals surface area contributed by atoms with Gasteiger partial charge in [0.15, 0.2) is 0 Å². The van der Waals surface area contributed by atoms with E-state index in [0.29, 0.717) is 6.04 Å². The number of hydrogen-bond acceptors (Lipinski definition) is 1. The highest BCUT2D eigenvalue weighted by Gasteiger charge is 1.99. The van der Waals surface area contributed by atoms with Gasteiger partial charge in [-0.05, 0) is 27.4 Å². The van der Waals surface area contributed by atoms with Gasteiger partial charge in [-0.2, -0.15) is 0 Å². The van der Waals surface area contributed by atoms with Crippen molar-refractivity contribution in [1.82, 2.24) is 4.90 Å². The van der Waals surface area contributed by atoms with E-state index >= 15 is 0 Å². The third-order valence-corrected chi connectivity index (χ3v) is 1.50. The molecule has 0 aromatic heterocycles. The molecule has 0 spiro atoms. The summed E-state index contributed by atoms with van der Waals surface area (Å²) >= 11 is 0. The zero-order valence-corrected chi connectivity index (χ0v) is 6.15. The minimum atomic E-state index is 0.687. The van der Waals surface area contributed by atoms with Gasteiger partial charge < -0.3 is 4.90 Å². The van der Waals surface area contributed by atoms with Crippen molar-refractivity contribution in [2.45, 2.75) is 25.8 Å². The molecular formula is C7H16N. The van der Waals surface area contributed by atoms with Gasteiger partial charge in [0.25, 0.3) is 0 Å². The summed E-state index contributed by atoms with van der Waals surface area (Å²) in [7, 11) is 4.20. The zero-order chi connectivity index (χ0) is 6.57. The van der Waals surface area contributed by atoms with Gasteiger partial charge in [-0.1, -0.05) is 13.3 Å². The highest BCUT2D eigenvalue weighted by Crippen LogP contribution is 1.99. The Morgan fingerprint density at radius 2 is 2.00 bits per heavy atom. The molecule has 0 aliphatic rings. The lowest BCUT2D eigenvalue weighted by Crippen LogP contribution is -2.23. The van der Waals surface area contributed by atoms with Crippen molar-refractivity contribution in [3.05, 3.63) is 6.92 Å². The summed E-state index contributed by atoms with van der Waals surface area (Å²) in [5.41, 5.74) is 0. The Kier molecular flexibility index (Phi) is 3.88. The Morgan fingerprint density at radius 1 is 1.50 bits per heavy atom. The molecule has 1 atom stereocenters. The van der Waals surface area contributed by atoms with E-state index in [4.69, 9.17) is 0 Å². The standard InChI is InChI=1S/C7H16N/c1-5-6-7(2)8(3)4/h7H,1,5-6H2,2-4H3. The van der Waals surface area contributed by atoms with Crippen molar-refractivity contribution in [3.63, 3.8) is 0 Å². The monoisotopic (exact) mass is 114 g/mol. The molecule has 0 aromatic carbocycles. The molecule has 0 heterocycles. The van der Waals surface area contributed by atoms with Gasteiger partial charge in [-0.3, -0.25) is 0 Å². The summed E-state index contributed by atoms with van der Waals surface area (Å²) < 4.78 is 0. The summed E-state index contributed by atoms with van der Waals surface area (Å²) in [6, 6.07) is 0.687. The number of hydrogen-bond donors (Lipinski definition) is 0. The van der Waals surface area contributed by atoms with E-state index < -0.39 is 0 Å². The van der Waals surface area contributed by atoms with E-state index in [1.54, 1.807) is 0 Å². The summed E-state index contributed by atoms with van der Waals surface area (Å²) in [6.07, 6.45) is 2.24. The maximum absolute atomic E-state index is 3.78. The zero-order valence-electron chi connectivity index (χ0n) is 6.15. The van der Waals surface area contributed by atoms with Crippen LogP contribution in [0.15, 0.2) is 0 Å². The topological polar surface area (TPSA) is 3.24 Å². The maximum atomic E-state index is 3.78. The van der Waals surface area contributed by atoms with Crippen molar-refractivity contribution >= 4 is 0 Å². The van der Waals surface area contributed by atoms with E-state index in [9.17, 15) is 0 Å². The first-order chi connectivity index (χ1) is 3.68. The second-order valence-corrected chi connectivity index (χ2v) is 2.45. The predicted octanol–water partition coefficient (Wildman–Crippen LogP) is 1.55. The molecular weight excluding hydrogens is 98.1 g/mol. The molecule has 1 unspecified atom stereocenters. The fourth-order valence-electron chi connectivity index (χ4n) is 0.554. The van der Waals surface area contributed by atoms with Crippen LogP contribution in [0.3, 0.4) is 0 Å². The Balaban J connectivity index is 3.17. The summed E-state index contributed by atoms with van der Waals surface area (Å²) in [5, 5.41) is 0. The molecule has 0 N–H and O–H groups in total. The molecule has 1 nitrogen and oxygen atoms in total. The van der Waals surface area contributed by atoms with Crippen LogP contribution in [0.1, 0.15) is 19.8 Å². The van der Waals surface area contributed by atoms with Gasteiger partial charge >= 0.3 is 0 Å². The van der Waals surface area contributed by atoms with Gasteiger partial charge in [-0.25, -0.2) is 0 Å². The number of rotatable bonds is 3. The Labute approximate surface area is 52.7 Å². The highest BCUT2D eigenvalue weighted by atomic mass is 15.1. The second kappa shape index (κ2) is 3.90. The SMILES string of the molecule is [CH2]CCC(C)N(C)C. The smallest absolute Gasteiger partial charge is 0.00608 e. The second-order valence-electron chi connectivity index (χ2n) is 2.45. The normalized spacial score (nSPS) is 14.6. The highest BCUT2D eigenvalue weighted by molar-refractivity contribution is 4.58. The third-order valence-electron chi connectivity index (χ3n) is 1.50. The molecule has 1 heteroatoms. The predicted molar refractivity (Wildman–Crippen MR) is 37.7 cm³/mol. The van der Waals surface area contributed by atoms with Gasteiger partial charge in [-0.15, -0.1) is 0 Å². The fraction of sp³-hybridized carbons (Fsp3) is 0.857. The van der Waals surface area contributed by atoms with Crippen LogP contribution in [-0.4, -0.2) is 25.0 Å². The van der Waals surface area contributed by atoms with Gasteiger partial charge in [0.2, 0.25) is 0 Å². The lowest BCUT2D eigenvalue weighted by Gasteiger charge is -2.17. The Bertz CT molecular complexity index is 50.3.